The summed E-state index contributed by atoms with van der Waals surface area (Å²) in [7, 11) is -3.70. The fourth-order valence-electron chi connectivity index (χ4n) is 1.66. The normalized spacial score (nSPS) is 11.2. The van der Waals surface area contributed by atoms with Crippen LogP contribution in [-0.2, 0) is 14.8 Å². The number of anilines is 1. The Kier molecular flexibility index (Phi) is 5.88. The molecule has 130 valence electrons. The summed E-state index contributed by atoms with van der Waals surface area (Å²) in [6.07, 6.45) is 0. The second-order valence-corrected chi connectivity index (χ2v) is 6.74. The maximum absolute atomic E-state index is 12.7. The molecule has 1 aromatic carbocycles. The zero-order chi connectivity index (χ0) is 17.6. The molecule has 0 atom stereocenters. The van der Waals surface area contributed by atoms with Crippen molar-refractivity contribution < 1.29 is 26.9 Å². The molecule has 1 aromatic heterocycles. The highest BCUT2D eigenvalue weighted by Crippen LogP contribution is 2.11. The molecule has 0 bridgehead atoms. The molecular formula is C14H16FN3O5S. The summed E-state index contributed by atoms with van der Waals surface area (Å²) in [5.41, 5.74) is 0. The Morgan fingerprint density at radius 1 is 1.33 bits per heavy atom. The van der Waals surface area contributed by atoms with Gasteiger partial charge in [0.15, 0.2) is 5.82 Å². The van der Waals surface area contributed by atoms with Crippen LogP contribution in [0.25, 0.3) is 0 Å². The second-order valence-electron chi connectivity index (χ2n) is 4.81. The van der Waals surface area contributed by atoms with Crippen molar-refractivity contribution in [3.63, 3.8) is 0 Å². The van der Waals surface area contributed by atoms with Crippen molar-refractivity contribution in [2.24, 2.45) is 0 Å². The van der Waals surface area contributed by atoms with Crippen molar-refractivity contribution in [1.82, 2.24) is 9.88 Å². The predicted molar refractivity (Wildman–Crippen MR) is 83.6 cm³/mol. The number of benzene rings is 1. The molecule has 0 saturated heterocycles. The third kappa shape index (κ3) is 5.97. The van der Waals surface area contributed by atoms with Gasteiger partial charge in [-0.3, -0.25) is 4.79 Å². The van der Waals surface area contributed by atoms with E-state index in [1.54, 1.807) is 6.92 Å². The highest BCUT2D eigenvalue weighted by Gasteiger charge is 2.14. The number of nitrogens with zero attached hydrogens (tertiary/aromatic N) is 1. The Balaban J connectivity index is 1.72. The smallest absolute Gasteiger partial charge is 0.240 e. The molecule has 0 radical (unpaired) electrons. The molecule has 0 spiro atoms. The highest BCUT2D eigenvalue weighted by atomic mass is 32.2. The molecule has 0 aliphatic carbocycles. The number of hydrogen-bond acceptors (Lipinski definition) is 6. The van der Waals surface area contributed by atoms with Crippen molar-refractivity contribution in [2.75, 3.05) is 24.2 Å². The fourth-order valence-corrected chi connectivity index (χ4v) is 2.46. The first-order chi connectivity index (χ1) is 11.3. The highest BCUT2D eigenvalue weighted by molar-refractivity contribution is 7.89. The van der Waals surface area contributed by atoms with Gasteiger partial charge in [0.05, 0.1) is 12.3 Å². The Bertz CT molecular complexity index is 789. The molecule has 0 saturated carbocycles. The van der Waals surface area contributed by atoms with Gasteiger partial charge < -0.3 is 14.6 Å². The summed E-state index contributed by atoms with van der Waals surface area (Å²) < 4.78 is 48.4. The van der Waals surface area contributed by atoms with Crippen molar-refractivity contribution >= 4 is 21.7 Å². The monoisotopic (exact) mass is 357 g/mol. The van der Waals surface area contributed by atoms with Crippen LogP contribution in [0.5, 0.6) is 5.75 Å². The largest absolute Gasteiger partial charge is 0.492 e. The van der Waals surface area contributed by atoms with E-state index in [9.17, 15) is 17.6 Å². The summed E-state index contributed by atoms with van der Waals surface area (Å²) in [6, 6.07) is 6.70. The van der Waals surface area contributed by atoms with E-state index in [2.05, 4.69) is 15.2 Å². The van der Waals surface area contributed by atoms with Gasteiger partial charge in [-0.25, -0.2) is 17.5 Å². The molecule has 0 unspecified atom stereocenters. The number of hydrogen-bond donors (Lipinski definition) is 2. The molecular weight excluding hydrogens is 341 g/mol. The Labute approximate surface area is 138 Å². The average Bonchev–Trinajstić information content (AvgIpc) is 2.92. The van der Waals surface area contributed by atoms with Crippen LogP contribution in [0.4, 0.5) is 10.2 Å². The second kappa shape index (κ2) is 7.88. The van der Waals surface area contributed by atoms with E-state index in [0.717, 1.165) is 0 Å². The van der Waals surface area contributed by atoms with Crippen molar-refractivity contribution in [1.29, 1.82) is 0 Å². The molecule has 0 aliphatic heterocycles. The van der Waals surface area contributed by atoms with Gasteiger partial charge in [0.1, 0.15) is 23.9 Å². The minimum Gasteiger partial charge on any atom is -0.492 e. The van der Waals surface area contributed by atoms with Crippen LogP contribution < -0.4 is 14.8 Å². The SMILES string of the molecule is Cc1cc(NC(=O)CNS(=O)(=O)CCOc2ccc(F)cc2)no1. The number of carbonyl (C=O) groups is 1. The van der Waals surface area contributed by atoms with Gasteiger partial charge in [-0.2, -0.15) is 0 Å². The molecule has 2 rings (SSSR count). The molecule has 0 aliphatic rings. The first-order valence-electron chi connectivity index (χ1n) is 6.93. The molecule has 8 nitrogen and oxygen atoms in total. The van der Waals surface area contributed by atoms with E-state index in [-0.39, 0.29) is 18.2 Å². The van der Waals surface area contributed by atoms with E-state index in [1.807, 2.05) is 0 Å². The summed E-state index contributed by atoms with van der Waals surface area (Å²) in [6.45, 7) is 1.09. The maximum atomic E-state index is 12.7. The van der Waals surface area contributed by atoms with E-state index in [1.165, 1.54) is 30.3 Å². The Hall–Kier alpha value is -2.46. The molecule has 10 heteroatoms. The fraction of sp³-hybridized carbons (Fsp3) is 0.286. The lowest BCUT2D eigenvalue weighted by atomic mass is 10.3. The van der Waals surface area contributed by atoms with E-state index in [0.29, 0.717) is 11.5 Å². The number of aromatic nitrogens is 1. The first kappa shape index (κ1) is 17.9. The van der Waals surface area contributed by atoms with Crippen LogP contribution in [0.2, 0.25) is 0 Å². The van der Waals surface area contributed by atoms with Crippen LogP contribution in [0.1, 0.15) is 5.76 Å². The summed E-state index contributed by atoms with van der Waals surface area (Å²) >= 11 is 0. The van der Waals surface area contributed by atoms with Crippen molar-refractivity contribution in [2.45, 2.75) is 6.92 Å². The van der Waals surface area contributed by atoms with Crippen LogP contribution >= 0.6 is 0 Å². The van der Waals surface area contributed by atoms with Crippen molar-refractivity contribution in [3.8, 4) is 5.75 Å². The number of rotatable bonds is 8. The van der Waals surface area contributed by atoms with Gasteiger partial charge in [0.2, 0.25) is 15.9 Å². The van der Waals surface area contributed by atoms with Gasteiger partial charge in [-0.1, -0.05) is 5.16 Å². The minimum absolute atomic E-state index is 0.134. The lowest BCUT2D eigenvalue weighted by molar-refractivity contribution is -0.115. The van der Waals surface area contributed by atoms with E-state index >= 15 is 0 Å². The summed E-state index contributed by atoms with van der Waals surface area (Å²) in [4.78, 5) is 11.6. The van der Waals surface area contributed by atoms with Crippen LogP contribution in [-0.4, -0.2) is 38.4 Å². The molecule has 1 heterocycles. The molecule has 24 heavy (non-hydrogen) atoms. The van der Waals surface area contributed by atoms with Gasteiger partial charge in [-0.15, -0.1) is 0 Å². The number of sulfonamides is 1. The van der Waals surface area contributed by atoms with Crippen LogP contribution in [0.15, 0.2) is 34.9 Å². The zero-order valence-electron chi connectivity index (χ0n) is 12.8. The third-order valence-electron chi connectivity index (χ3n) is 2.78. The topological polar surface area (TPSA) is 111 Å². The Morgan fingerprint density at radius 2 is 2.04 bits per heavy atom. The quantitative estimate of drug-likeness (QED) is 0.731. The lowest BCUT2D eigenvalue weighted by Gasteiger charge is -2.08. The number of carbonyl (C=O) groups excluding carboxylic acids is 1. The summed E-state index contributed by atoms with van der Waals surface area (Å²) in [5.74, 6) is -0.261. The number of nitrogens with one attached hydrogen (secondary N) is 2. The molecule has 2 aromatic rings. The maximum Gasteiger partial charge on any atom is 0.240 e. The van der Waals surface area contributed by atoms with Gasteiger partial charge in [0, 0.05) is 6.07 Å². The predicted octanol–water partition coefficient (Wildman–Crippen LogP) is 1.06. The first-order valence-corrected chi connectivity index (χ1v) is 8.58. The molecule has 0 fully saturated rings. The standard InChI is InChI=1S/C14H16FN3O5S/c1-10-8-13(18-23-10)17-14(19)9-16-24(20,21)7-6-22-12-4-2-11(15)3-5-12/h2-5,8,16H,6-7,9H2,1H3,(H,17,18,19). The minimum atomic E-state index is -3.70. The summed E-state index contributed by atoms with van der Waals surface area (Å²) in [5, 5.41) is 5.94. The number of amides is 1. The zero-order valence-corrected chi connectivity index (χ0v) is 13.6. The van der Waals surface area contributed by atoms with E-state index in [4.69, 9.17) is 9.26 Å². The van der Waals surface area contributed by atoms with Crippen LogP contribution in [0.3, 0.4) is 0 Å². The number of halogens is 1. The molecule has 2 N–H and O–H groups in total. The van der Waals surface area contributed by atoms with Gasteiger partial charge in [0.25, 0.3) is 0 Å². The van der Waals surface area contributed by atoms with Gasteiger partial charge >= 0.3 is 0 Å². The van der Waals surface area contributed by atoms with Crippen molar-refractivity contribution in [3.05, 3.63) is 41.9 Å². The average molecular weight is 357 g/mol. The van der Waals surface area contributed by atoms with E-state index < -0.39 is 28.3 Å². The number of ether oxygens (including phenoxy) is 1. The molecule has 1 amide bonds. The van der Waals surface area contributed by atoms with Crippen LogP contribution in [0, 0.1) is 12.7 Å². The number of aryl methyl sites for hydroxylation is 1. The van der Waals surface area contributed by atoms with Gasteiger partial charge in [-0.05, 0) is 31.2 Å². The third-order valence-corrected chi connectivity index (χ3v) is 4.07. The Morgan fingerprint density at radius 3 is 2.67 bits per heavy atom. The lowest BCUT2D eigenvalue weighted by Crippen LogP contribution is -2.35.